The number of rotatable bonds is 6. The highest BCUT2D eigenvalue weighted by molar-refractivity contribution is 5.83. The van der Waals surface area contributed by atoms with Crippen molar-refractivity contribution < 1.29 is 19.4 Å². The van der Waals surface area contributed by atoms with Gasteiger partial charge in [0.25, 0.3) is 0 Å². The Morgan fingerprint density at radius 3 is 2.68 bits per heavy atom. The molecule has 4 aliphatic carbocycles. The van der Waals surface area contributed by atoms with Crippen LogP contribution in [0.15, 0.2) is 18.2 Å². The first-order chi connectivity index (χ1) is 17.7. The number of fused-ring (bicyclic) bond motifs is 6. The lowest BCUT2D eigenvalue weighted by molar-refractivity contribution is -0.175. The van der Waals surface area contributed by atoms with Gasteiger partial charge in [-0.15, -0.1) is 5.10 Å². The van der Waals surface area contributed by atoms with E-state index in [9.17, 15) is 9.90 Å². The van der Waals surface area contributed by atoms with Gasteiger partial charge in [-0.05, 0) is 111 Å². The number of ether oxygens (including phenoxy) is 2. The Balaban J connectivity index is 1.22. The first kappa shape index (κ1) is 25.3. The molecule has 1 aromatic heterocycles. The van der Waals surface area contributed by atoms with Crippen LogP contribution in [0.1, 0.15) is 71.6 Å². The predicted molar refractivity (Wildman–Crippen MR) is 141 cm³/mol. The predicted octanol–water partition coefficient (Wildman–Crippen LogP) is 5.05. The average molecular weight is 510 g/mol. The fourth-order valence-corrected chi connectivity index (χ4v) is 9.75. The minimum absolute atomic E-state index is 0.0454. The number of carbonyl (C=O) groups is 1. The van der Waals surface area contributed by atoms with Gasteiger partial charge in [0.05, 0.1) is 19.3 Å². The summed E-state index contributed by atoms with van der Waals surface area (Å²) in [6, 6.07) is 5.70. The molecular formula is C30H43N3O4. The number of benzene rings is 1. The number of methoxy groups -OCH3 is 2. The summed E-state index contributed by atoms with van der Waals surface area (Å²) in [6.07, 6.45) is 9.63. The van der Waals surface area contributed by atoms with Crippen LogP contribution >= 0.6 is 0 Å². The molecule has 4 saturated carbocycles. The SMILES string of the molecule is COC[C@]12CC[C@@](C)(O)CC1CC[C@@H]1[C@@H]2CC[C@]2(C)[C@@H](C(=O)Cn3nc4cccc(OC)c4n3)CC[C@@H]12. The molecule has 4 aliphatic rings. The number of carbonyl (C=O) groups excluding carboxylic acids is 1. The zero-order valence-corrected chi connectivity index (χ0v) is 22.9. The fraction of sp³-hybridized carbons (Fsp3) is 0.767. The molecule has 1 unspecified atom stereocenters. The van der Waals surface area contributed by atoms with Crippen LogP contribution in [-0.4, -0.2) is 52.3 Å². The molecule has 1 heterocycles. The Kier molecular flexibility index (Phi) is 6.18. The van der Waals surface area contributed by atoms with E-state index < -0.39 is 5.60 Å². The second kappa shape index (κ2) is 9.04. The maximum Gasteiger partial charge on any atom is 0.159 e. The summed E-state index contributed by atoms with van der Waals surface area (Å²) >= 11 is 0. The monoisotopic (exact) mass is 509 g/mol. The third-order valence-corrected chi connectivity index (χ3v) is 11.4. The van der Waals surface area contributed by atoms with E-state index in [0.29, 0.717) is 34.9 Å². The molecule has 6 rings (SSSR count). The summed E-state index contributed by atoms with van der Waals surface area (Å²) in [5.41, 5.74) is 1.15. The van der Waals surface area contributed by atoms with E-state index in [4.69, 9.17) is 9.47 Å². The van der Waals surface area contributed by atoms with Gasteiger partial charge in [0.15, 0.2) is 11.3 Å². The van der Waals surface area contributed by atoms with Gasteiger partial charge in [-0.1, -0.05) is 13.0 Å². The van der Waals surface area contributed by atoms with E-state index in [0.717, 1.165) is 50.6 Å². The first-order valence-electron chi connectivity index (χ1n) is 14.3. The molecule has 0 spiro atoms. The molecule has 1 aromatic carbocycles. The summed E-state index contributed by atoms with van der Waals surface area (Å²) < 4.78 is 11.3. The Morgan fingerprint density at radius 2 is 1.89 bits per heavy atom. The van der Waals surface area contributed by atoms with E-state index in [-0.39, 0.29) is 29.1 Å². The van der Waals surface area contributed by atoms with E-state index in [1.807, 2.05) is 32.2 Å². The molecule has 0 bridgehead atoms. The molecule has 0 radical (unpaired) electrons. The highest BCUT2D eigenvalue weighted by atomic mass is 16.5. The number of nitrogens with zero attached hydrogens (tertiary/aromatic N) is 3. The Hall–Kier alpha value is -1.99. The second-order valence-corrected chi connectivity index (χ2v) is 13.2. The molecule has 7 heteroatoms. The van der Waals surface area contributed by atoms with Crippen LogP contribution in [0.4, 0.5) is 0 Å². The van der Waals surface area contributed by atoms with Crippen LogP contribution in [0.2, 0.25) is 0 Å². The average Bonchev–Trinajstić information content (AvgIpc) is 3.44. The number of aromatic nitrogens is 3. The third kappa shape index (κ3) is 3.94. The van der Waals surface area contributed by atoms with Crippen molar-refractivity contribution in [3.05, 3.63) is 18.2 Å². The lowest BCUT2D eigenvalue weighted by Crippen LogP contribution is -2.58. The summed E-state index contributed by atoms with van der Waals surface area (Å²) in [5.74, 6) is 3.45. The van der Waals surface area contributed by atoms with Gasteiger partial charge in [-0.25, -0.2) is 0 Å². The number of Topliss-reactive ketones (excluding diaryl/α,β-unsaturated/α-hetero) is 1. The minimum Gasteiger partial charge on any atom is -0.494 e. The van der Waals surface area contributed by atoms with Crippen molar-refractivity contribution in [2.24, 2.45) is 40.4 Å². The molecule has 4 fully saturated rings. The molecule has 37 heavy (non-hydrogen) atoms. The lowest BCUT2D eigenvalue weighted by Gasteiger charge is -2.62. The van der Waals surface area contributed by atoms with Gasteiger partial charge >= 0.3 is 0 Å². The Morgan fingerprint density at radius 1 is 1.05 bits per heavy atom. The highest BCUT2D eigenvalue weighted by Gasteiger charge is 2.63. The van der Waals surface area contributed by atoms with Crippen molar-refractivity contribution in [2.75, 3.05) is 20.8 Å². The molecule has 8 atom stereocenters. The zero-order valence-electron chi connectivity index (χ0n) is 22.9. The maximum absolute atomic E-state index is 13.8. The molecule has 0 amide bonds. The normalized spacial score (nSPS) is 41.2. The largest absolute Gasteiger partial charge is 0.494 e. The van der Waals surface area contributed by atoms with E-state index in [2.05, 4.69) is 17.1 Å². The highest BCUT2D eigenvalue weighted by Crippen LogP contribution is 2.68. The first-order valence-corrected chi connectivity index (χ1v) is 14.3. The third-order valence-electron chi connectivity index (χ3n) is 11.4. The molecule has 0 saturated heterocycles. The van der Waals surface area contributed by atoms with Gasteiger partial charge in [-0.3, -0.25) is 4.79 Å². The van der Waals surface area contributed by atoms with Crippen LogP contribution in [0, 0.1) is 40.4 Å². The van der Waals surface area contributed by atoms with Crippen molar-refractivity contribution in [1.29, 1.82) is 0 Å². The maximum atomic E-state index is 13.8. The van der Waals surface area contributed by atoms with Crippen molar-refractivity contribution in [1.82, 2.24) is 15.0 Å². The van der Waals surface area contributed by atoms with Crippen LogP contribution in [0.25, 0.3) is 11.0 Å². The number of aliphatic hydroxyl groups is 1. The van der Waals surface area contributed by atoms with Gasteiger partial charge in [0.2, 0.25) is 0 Å². The molecule has 7 nitrogen and oxygen atoms in total. The second-order valence-electron chi connectivity index (χ2n) is 13.2. The van der Waals surface area contributed by atoms with Crippen molar-refractivity contribution in [3.8, 4) is 5.75 Å². The molecular weight excluding hydrogens is 466 g/mol. The number of hydrogen-bond acceptors (Lipinski definition) is 6. The topological polar surface area (TPSA) is 86.5 Å². The Bertz CT molecular complexity index is 1180. The van der Waals surface area contributed by atoms with Crippen molar-refractivity contribution >= 4 is 16.8 Å². The van der Waals surface area contributed by atoms with Gasteiger partial charge in [0, 0.05) is 13.0 Å². The Labute approximate surface area is 220 Å². The van der Waals surface area contributed by atoms with Gasteiger partial charge in [-0.2, -0.15) is 9.90 Å². The number of hydrogen-bond donors (Lipinski definition) is 1. The van der Waals surface area contributed by atoms with Crippen LogP contribution < -0.4 is 4.74 Å². The van der Waals surface area contributed by atoms with Crippen molar-refractivity contribution in [3.63, 3.8) is 0 Å². The van der Waals surface area contributed by atoms with Crippen LogP contribution in [-0.2, 0) is 16.1 Å². The van der Waals surface area contributed by atoms with Crippen molar-refractivity contribution in [2.45, 2.75) is 83.8 Å². The molecule has 202 valence electrons. The number of ketones is 1. The zero-order chi connectivity index (χ0) is 26.0. The summed E-state index contributed by atoms with van der Waals surface area (Å²) in [6.45, 7) is 5.46. The summed E-state index contributed by atoms with van der Waals surface area (Å²) in [7, 11) is 3.48. The van der Waals surface area contributed by atoms with E-state index >= 15 is 0 Å². The quantitative estimate of drug-likeness (QED) is 0.587. The summed E-state index contributed by atoms with van der Waals surface area (Å²) in [4.78, 5) is 15.3. The van der Waals surface area contributed by atoms with E-state index in [1.165, 1.54) is 19.3 Å². The van der Waals surface area contributed by atoms with Gasteiger partial charge in [0.1, 0.15) is 17.8 Å². The minimum atomic E-state index is -0.543. The molecule has 2 aromatic rings. The molecule has 0 aliphatic heterocycles. The van der Waals surface area contributed by atoms with Crippen LogP contribution in [0.3, 0.4) is 0 Å². The standard InChI is InChI=1S/C30H43N3O4/c1-28(35)14-15-30(18-36-3)19(16-28)8-9-20-21-10-11-23(29(21,2)13-12-22(20)30)25(34)17-33-31-24-6-5-7-26(37-4)27(24)32-33/h5-7,19-23,35H,8-18H2,1-4H3/t19?,20-,21-,22-,23+,28+,29-,30+/m0/s1. The summed E-state index contributed by atoms with van der Waals surface area (Å²) in [5, 5.41) is 20.1. The lowest BCUT2D eigenvalue weighted by atomic mass is 9.43. The fourth-order valence-electron chi connectivity index (χ4n) is 9.75. The van der Waals surface area contributed by atoms with Gasteiger partial charge < -0.3 is 14.6 Å². The van der Waals surface area contributed by atoms with E-state index in [1.54, 1.807) is 11.9 Å². The molecule has 1 N–H and O–H groups in total. The smallest absolute Gasteiger partial charge is 0.159 e. The van der Waals surface area contributed by atoms with Crippen LogP contribution in [0.5, 0.6) is 5.75 Å².